The van der Waals surface area contributed by atoms with E-state index in [4.69, 9.17) is 16.3 Å². The average Bonchev–Trinajstić information content (AvgIpc) is 2.66. The second-order valence-electron chi connectivity index (χ2n) is 6.36. The first-order chi connectivity index (χ1) is 13.3. The highest BCUT2D eigenvalue weighted by Gasteiger charge is 2.17. The summed E-state index contributed by atoms with van der Waals surface area (Å²) >= 11 is 5.86. The molecule has 0 heterocycles. The maximum absolute atomic E-state index is 12.1. The van der Waals surface area contributed by atoms with Crippen LogP contribution in [-0.4, -0.2) is 40.8 Å². The summed E-state index contributed by atoms with van der Waals surface area (Å²) in [5.74, 6) is 0.696. The minimum absolute atomic E-state index is 0.0990. The van der Waals surface area contributed by atoms with Crippen molar-refractivity contribution in [2.24, 2.45) is 0 Å². The summed E-state index contributed by atoms with van der Waals surface area (Å²) in [6.07, 6.45) is 2.54. The van der Waals surface area contributed by atoms with E-state index in [0.717, 1.165) is 24.0 Å². The normalized spacial score (nSPS) is 11.1. The third-order valence-electron chi connectivity index (χ3n) is 4.17. The number of methoxy groups -OCH3 is 1. The molecule has 2 aromatic rings. The number of carbonyl (C=O) groups excluding carboxylic acids is 1. The van der Waals surface area contributed by atoms with E-state index in [-0.39, 0.29) is 18.9 Å². The van der Waals surface area contributed by atoms with E-state index < -0.39 is 10.0 Å². The van der Waals surface area contributed by atoms with Crippen LogP contribution in [0.3, 0.4) is 0 Å². The van der Waals surface area contributed by atoms with Crippen LogP contribution in [0.25, 0.3) is 0 Å². The zero-order valence-corrected chi connectivity index (χ0v) is 17.6. The maximum atomic E-state index is 12.1. The van der Waals surface area contributed by atoms with Gasteiger partial charge in [0, 0.05) is 24.5 Å². The van der Waals surface area contributed by atoms with Gasteiger partial charge in [-0.25, -0.2) is 8.42 Å². The van der Waals surface area contributed by atoms with Crippen molar-refractivity contribution in [1.82, 2.24) is 5.32 Å². The van der Waals surface area contributed by atoms with Crippen LogP contribution in [0, 0.1) is 0 Å². The van der Waals surface area contributed by atoms with Crippen molar-refractivity contribution < 1.29 is 17.9 Å². The molecule has 152 valence electrons. The number of halogens is 1. The molecule has 0 bridgehead atoms. The lowest BCUT2D eigenvalue weighted by molar-refractivity contribution is -0.121. The standard InChI is InChI=1S/C20H25ClN2O4S/c1-27-19-11-5-16(6-12-19)13-14-22-20(24)4-3-15-23(28(2,25)26)18-9-7-17(21)8-10-18/h5-12H,3-4,13-15H2,1-2H3,(H,22,24). The molecule has 6 nitrogen and oxygen atoms in total. The van der Waals surface area contributed by atoms with Gasteiger partial charge in [0.25, 0.3) is 0 Å². The molecule has 1 amide bonds. The second-order valence-corrected chi connectivity index (χ2v) is 8.71. The van der Waals surface area contributed by atoms with E-state index >= 15 is 0 Å². The Morgan fingerprint density at radius 1 is 1.11 bits per heavy atom. The Morgan fingerprint density at radius 3 is 2.32 bits per heavy atom. The van der Waals surface area contributed by atoms with Crippen molar-refractivity contribution in [3.8, 4) is 5.75 Å². The highest BCUT2D eigenvalue weighted by atomic mass is 35.5. The molecule has 0 atom stereocenters. The number of carbonyl (C=O) groups is 1. The molecule has 8 heteroatoms. The van der Waals surface area contributed by atoms with E-state index in [1.165, 1.54) is 4.31 Å². The van der Waals surface area contributed by atoms with Crippen molar-refractivity contribution in [2.45, 2.75) is 19.3 Å². The Kier molecular flexibility index (Phi) is 8.14. The molecule has 2 aromatic carbocycles. The van der Waals surface area contributed by atoms with Gasteiger partial charge in [-0.3, -0.25) is 9.10 Å². The van der Waals surface area contributed by atoms with Crippen LogP contribution in [0.2, 0.25) is 5.02 Å². The molecular weight excluding hydrogens is 400 g/mol. The third kappa shape index (κ3) is 7.05. The summed E-state index contributed by atoms with van der Waals surface area (Å²) in [6.45, 7) is 0.754. The van der Waals surface area contributed by atoms with Gasteiger partial charge in [0.15, 0.2) is 0 Å². The monoisotopic (exact) mass is 424 g/mol. The molecule has 0 saturated carbocycles. The molecule has 0 saturated heterocycles. The van der Waals surface area contributed by atoms with Gasteiger partial charge >= 0.3 is 0 Å². The highest BCUT2D eigenvalue weighted by molar-refractivity contribution is 7.92. The smallest absolute Gasteiger partial charge is 0.232 e. The van der Waals surface area contributed by atoms with Crippen LogP contribution < -0.4 is 14.4 Å². The molecule has 0 aliphatic heterocycles. The van der Waals surface area contributed by atoms with E-state index in [0.29, 0.717) is 23.7 Å². The van der Waals surface area contributed by atoms with Crippen molar-refractivity contribution in [2.75, 3.05) is 30.8 Å². The van der Waals surface area contributed by atoms with Crippen LogP contribution in [0.4, 0.5) is 5.69 Å². The molecule has 0 aromatic heterocycles. The third-order valence-corrected chi connectivity index (χ3v) is 5.62. The maximum Gasteiger partial charge on any atom is 0.232 e. The van der Waals surface area contributed by atoms with Crippen molar-refractivity contribution in [3.63, 3.8) is 0 Å². The SMILES string of the molecule is COc1ccc(CCNC(=O)CCCN(c2ccc(Cl)cc2)S(C)(=O)=O)cc1. The van der Waals surface area contributed by atoms with Crippen LogP contribution in [-0.2, 0) is 21.2 Å². The first-order valence-electron chi connectivity index (χ1n) is 8.92. The van der Waals surface area contributed by atoms with Gasteiger partial charge in [0.05, 0.1) is 19.1 Å². The fourth-order valence-electron chi connectivity index (χ4n) is 2.70. The van der Waals surface area contributed by atoms with E-state index in [9.17, 15) is 13.2 Å². The van der Waals surface area contributed by atoms with E-state index in [2.05, 4.69) is 5.32 Å². The van der Waals surface area contributed by atoms with Crippen molar-refractivity contribution in [1.29, 1.82) is 0 Å². The summed E-state index contributed by atoms with van der Waals surface area (Å²) in [4.78, 5) is 12.0. The molecular formula is C20H25ClN2O4S. The molecule has 0 spiro atoms. The van der Waals surface area contributed by atoms with Gasteiger partial charge in [-0.1, -0.05) is 23.7 Å². The Labute approximate surface area is 171 Å². The number of hydrogen-bond donors (Lipinski definition) is 1. The number of ether oxygens (including phenoxy) is 1. The second kappa shape index (κ2) is 10.3. The van der Waals surface area contributed by atoms with Crippen LogP contribution in [0.5, 0.6) is 5.75 Å². The topological polar surface area (TPSA) is 75.7 Å². The molecule has 0 fully saturated rings. The van der Waals surface area contributed by atoms with Crippen LogP contribution in [0.15, 0.2) is 48.5 Å². The molecule has 2 rings (SSSR count). The number of sulfonamides is 1. The Bertz CT molecular complexity index is 868. The van der Waals surface area contributed by atoms with Gasteiger partial charge in [0.1, 0.15) is 5.75 Å². The minimum atomic E-state index is -3.44. The lowest BCUT2D eigenvalue weighted by Crippen LogP contribution is -2.32. The summed E-state index contributed by atoms with van der Waals surface area (Å²) in [7, 11) is -1.82. The van der Waals surface area contributed by atoms with Gasteiger partial charge in [0.2, 0.25) is 15.9 Å². The predicted octanol–water partition coefficient (Wildman–Crippen LogP) is 3.25. The Morgan fingerprint density at radius 2 is 1.75 bits per heavy atom. The summed E-state index contributed by atoms with van der Waals surface area (Å²) in [6, 6.07) is 14.3. The molecule has 0 aliphatic rings. The van der Waals surface area contributed by atoms with Crippen LogP contribution in [0.1, 0.15) is 18.4 Å². The minimum Gasteiger partial charge on any atom is -0.497 e. The molecule has 0 radical (unpaired) electrons. The first kappa shape index (κ1) is 22.0. The predicted molar refractivity (Wildman–Crippen MR) is 113 cm³/mol. The first-order valence-corrected chi connectivity index (χ1v) is 11.1. The van der Waals surface area contributed by atoms with Gasteiger partial charge in [-0.15, -0.1) is 0 Å². The van der Waals surface area contributed by atoms with Crippen molar-refractivity contribution >= 4 is 33.2 Å². The lowest BCUT2D eigenvalue weighted by atomic mass is 10.1. The van der Waals surface area contributed by atoms with E-state index in [1.54, 1.807) is 31.4 Å². The zero-order valence-electron chi connectivity index (χ0n) is 16.0. The van der Waals surface area contributed by atoms with Gasteiger partial charge < -0.3 is 10.1 Å². The summed E-state index contributed by atoms with van der Waals surface area (Å²) < 4.78 is 30.5. The number of amides is 1. The number of anilines is 1. The van der Waals surface area contributed by atoms with Gasteiger partial charge in [-0.2, -0.15) is 0 Å². The number of nitrogens with one attached hydrogen (secondary N) is 1. The number of nitrogens with zero attached hydrogens (tertiary/aromatic N) is 1. The fraction of sp³-hybridized carbons (Fsp3) is 0.350. The zero-order chi connectivity index (χ0) is 20.6. The molecule has 28 heavy (non-hydrogen) atoms. The molecule has 1 N–H and O–H groups in total. The number of rotatable bonds is 10. The molecule has 0 aliphatic carbocycles. The van der Waals surface area contributed by atoms with E-state index in [1.807, 2.05) is 24.3 Å². The largest absolute Gasteiger partial charge is 0.497 e. The van der Waals surface area contributed by atoms with Crippen molar-refractivity contribution in [3.05, 3.63) is 59.1 Å². The summed E-state index contributed by atoms with van der Waals surface area (Å²) in [5, 5.41) is 3.40. The van der Waals surface area contributed by atoms with Gasteiger partial charge in [-0.05, 0) is 54.8 Å². The lowest BCUT2D eigenvalue weighted by Gasteiger charge is -2.22. The highest BCUT2D eigenvalue weighted by Crippen LogP contribution is 2.21. The fourth-order valence-corrected chi connectivity index (χ4v) is 3.80. The Hall–Kier alpha value is -2.25. The average molecular weight is 425 g/mol. The number of benzene rings is 2. The number of hydrogen-bond acceptors (Lipinski definition) is 4. The molecule has 0 unspecified atom stereocenters. The quantitative estimate of drug-likeness (QED) is 0.635. The summed E-state index contributed by atoms with van der Waals surface area (Å²) in [5.41, 5.74) is 1.64. The Balaban J connectivity index is 1.78. The van der Waals surface area contributed by atoms with Crippen LogP contribution >= 0.6 is 11.6 Å².